The molecule has 0 aromatic heterocycles. The molecule has 1 nitrogen and oxygen atoms in total. The van der Waals surface area contributed by atoms with E-state index in [1.54, 1.807) is 0 Å². The standard InChI is InChI=1S/C12H25NS/c1-5-9-6-10(7-12(2,3)4)14-11(9)8-13/h9-11H,5-8,13H2,1-4H3. The van der Waals surface area contributed by atoms with E-state index in [4.69, 9.17) is 5.73 Å². The molecule has 2 N–H and O–H groups in total. The summed E-state index contributed by atoms with van der Waals surface area (Å²) in [6, 6.07) is 0. The minimum absolute atomic E-state index is 0.472. The van der Waals surface area contributed by atoms with Crippen LogP contribution in [0.1, 0.15) is 47.0 Å². The van der Waals surface area contributed by atoms with Crippen LogP contribution in [0.15, 0.2) is 0 Å². The summed E-state index contributed by atoms with van der Waals surface area (Å²) >= 11 is 2.15. The van der Waals surface area contributed by atoms with Crippen molar-refractivity contribution in [1.82, 2.24) is 0 Å². The van der Waals surface area contributed by atoms with Gasteiger partial charge in [-0.05, 0) is 24.2 Å². The quantitative estimate of drug-likeness (QED) is 0.782. The summed E-state index contributed by atoms with van der Waals surface area (Å²) in [7, 11) is 0. The second-order valence-corrected chi connectivity index (χ2v) is 7.25. The van der Waals surface area contributed by atoms with E-state index in [0.717, 1.165) is 23.0 Å². The van der Waals surface area contributed by atoms with Crippen molar-refractivity contribution in [3.8, 4) is 0 Å². The van der Waals surface area contributed by atoms with Gasteiger partial charge >= 0.3 is 0 Å². The lowest BCUT2D eigenvalue weighted by molar-refractivity contribution is 0.352. The summed E-state index contributed by atoms with van der Waals surface area (Å²) < 4.78 is 0. The molecule has 3 unspecified atom stereocenters. The highest BCUT2D eigenvalue weighted by atomic mass is 32.2. The smallest absolute Gasteiger partial charge is 0.0201 e. The molecule has 84 valence electrons. The van der Waals surface area contributed by atoms with Crippen molar-refractivity contribution in [3.05, 3.63) is 0 Å². The SMILES string of the molecule is CCC1CC(CC(C)(C)C)SC1CN. The van der Waals surface area contributed by atoms with Crippen LogP contribution >= 0.6 is 11.8 Å². The molecular formula is C12H25NS. The first kappa shape index (κ1) is 12.4. The molecule has 1 saturated heterocycles. The highest BCUT2D eigenvalue weighted by Crippen LogP contribution is 2.44. The van der Waals surface area contributed by atoms with Crippen molar-refractivity contribution in [2.24, 2.45) is 17.1 Å². The van der Waals surface area contributed by atoms with Crippen molar-refractivity contribution in [2.45, 2.75) is 57.5 Å². The lowest BCUT2D eigenvalue weighted by Gasteiger charge is -2.22. The Morgan fingerprint density at radius 1 is 1.36 bits per heavy atom. The third-order valence-corrected chi connectivity index (χ3v) is 4.73. The van der Waals surface area contributed by atoms with E-state index in [1.807, 2.05) is 0 Å². The second-order valence-electron chi connectivity index (χ2n) is 5.70. The molecule has 14 heavy (non-hydrogen) atoms. The van der Waals surface area contributed by atoms with E-state index in [1.165, 1.54) is 19.3 Å². The van der Waals surface area contributed by atoms with Crippen LogP contribution in [0.2, 0.25) is 0 Å². The highest BCUT2D eigenvalue weighted by molar-refractivity contribution is 8.00. The van der Waals surface area contributed by atoms with Gasteiger partial charge < -0.3 is 5.73 Å². The van der Waals surface area contributed by atoms with E-state index >= 15 is 0 Å². The fraction of sp³-hybridized carbons (Fsp3) is 1.00. The Morgan fingerprint density at radius 2 is 2.00 bits per heavy atom. The lowest BCUT2D eigenvalue weighted by Crippen LogP contribution is -2.21. The van der Waals surface area contributed by atoms with Crippen LogP contribution in [0.4, 0.5) is 0 Å². The third kappa shape index (κ3) is 3.47. The molecule has 3 atom stereocenters. The molecule has 1 fully saturated rings. The van der Waals surface area contributed by atoms with Crippen molar-refractivity contribution >= 4 is 11.8 Å². The summed E-state index contributed by atoms with van der Waals surface area (Å²) in [4.78, 5) is 0. The number of thioether (sulfide) groups is 1. The number of hydrogen-bond acceptors (Lipinski definition) is 2. The zero-order valence-corrected chi connectivity index (χ0v) is 10.9. The molecule has 1 aliphatic rings. The van der Waals surface area contributed by atoms with Gasteiger partial charge in [0.1, 0.15) is 0 Å². The maximum Gasteiger partial charge on any atom is 0.0201 e. The van der Waals surface area contributed by atoms with Gasteiger partial charge in [0.05, 0.1) is 0 Å². The molecule has 0 aliphatic carbocycles. The van der Waals surface area contributed by atoms with Gasteiger partial charge in [-0.3, -0.25) is 0 Å². The highest BCUT2D eigenvalue weighted by Gasteiger charge is 2.34. The average Bonchev–Trinajstić information content (AvgIpc) is 2.43. The van der Waals surface area contributed by atoms with Crippen molar-refractivity contribution in [1.29, 1.82) is 0 Å². The van der Waals surface area contributed by atoms with Gasteiger partial charge in [0.15, 0.2) is 0 Å². The summed E-state index contributed by atoms with van der Waals surface area (Å²) in [5.41, 5.74) is 6.28. The Morgan fingerprint density at radius 3 is 2.36 bits per heavy atom. The van der Waals surface area contributed by atoms with E-state index in [0.29, 0.717) is 5.41 Å². The molecule has 0 radical (unpaired) electrons. The fourth-order valence-electron chi connectivity index (χ4n) is 2.40. The topological polar surface area (TPSA) is 26.0 Å². The van der Waals surface area contributed by atoms with Crippen LogP contribution in [-0.4, -0.2) is 17.0 Å². The second kappa shape index (κ2) is 4.89. The number of hydrogen-bond donors (Lipinski definition) is 1. The predicted octanol–water partition coefficient (Wildman–Crippen LogP) is 3.28. The van der Waals surface area contributed by atoms with Crippen LogP contribution in [0.25, 0.3) is 0 Å². The normalized spacial score (nSPS) is 33.6. The van der Waals surface area contributed by atoms with Gasteiger partial charge in [-0.25, -0.2) is 0 Å². The van der Waals surface area contributed by atoms with Crippen molar-refractivity contribution in [3.63, 3.8) is 0 Å². The Labute approximate surface area is 93.2 Å². The summed E-state index contributed by atoms with van der Waals surface area (Å²) in [5, 5.41) is 1.58. The molecule has 0 spiro atoms. The largest absolute Gasteiger partial charge is 0.329 e. The van der Waals surface area contributed by atoms with Crippen molar-refractivity contribution in [2.75, 3.05) is 6.54 Å². The molecule has 0 aromatic carbocycles. The molecule has 1 rings (SSSR count). The molecular weight excluding hydrogens is 190 g/mol. The van der Waals surface area contributed by atoms with Gasteiger partial charge in [-0.15, -0.1) is 0 Å². The van der Waals surface area contributed by atoms with E-state index in [9.17, 15) is 0 Å². The van der Waals surface area contributed by atoms with Crippen LogP contribution < -0.4 is 5.73 Å². The van der Waals surface area contributed by atoms with E-state index in [-0.39, 0.29) is 0 Å². The van der Waals surface area contributed by atoms with Gasteiger partial charge in [0, 0.05) is 17.0 Å². The van der Waals surface area contributed by atoms with Crippen molar-refractivity contribution < 1.29 is 0 Å². The maximum absolute atomic E-state index is 5.80. The molecule has 2 heteroatoms. The Bertz CT molecular complexity index is 162. The molecule has 1 heterocycles. The third-order valence-electron chi connectivity index (χ3n) is 3.06. The first-order valence-electron chi connectivity index (χ1n) is 5.81. The average molecular weight is 215 g/mol. The van der Waals surface area contributed by atoms with Crippen LogP contribution in [0.5, 0.6) is 0 Å². The monoisotopic (exact) mass is 215 g/mol. The van der Waals surface area contributed by atoms with Gasteiger partial charge in [0.2, 0.25) is 0 Å². The van der Waals surface area contributed by atoms with Crippen LogP contribution in [0.3, 0.4) is 0 Å². The molecule has 0 aromatic rings. The van der Waals surface area contributed by atoms with Gasteiger partial charge in [0.25, 0.3) is 0 Å². The number of rotatable bonds is 3. The summed E-state index contributed by atoms with van der Waals surface area (Å²) in [6.45, 7) is 10.2. The summed E-state index contributed by atoms with van der Waals surface area (Å²) in [6.07, 6.45) is 4.03. The zero-order valence-electron chi connectivity index (χ0n) is 10.0. The lowest BCUT2D eigenvalue weighted by atomic mass is 9.86. The van der Waals surface area contributed by atoms with E-state index in [2.05, 4.69) is 39.5 Å². The van der Waals surface area contributed by atoms with E-state index < -0.39 is 0 Å². The van der Waals surface area contributed by atoms with Gasteiger partial charge in [-0.2, -0.15) is 11.8 Å². The maximum atomic E-state index is 5.80. The fourth-order valence-corrected chi connectivity index (χ4v) is 4.48. The minimum atomic E-state index is 0.472. The molecule has 1 aliphatic heterocycles. The zero-order chi connectivity index (χ0) is 10.8. The molecule has 0 saturated carbocycles. The van der Waals surface area contributed by atoms with Crippen LogP contribution in [-0.2, 0) is 0 Å². The summed E-state index contributed by atoms with van der Waals surface area (Å²) in [5.74, 6) is 0.873. The predicted molar refractivity (Wildman–Crippen MR) is 66.7 cm³/mol. The molecule has 0 amide bonds. The molecule has 0 bridgehead atoms. The first-order valence-corrected chi connectivity index (χ1v) is 6.76. The Hall–Kier alpha value is 0.310. The van der Waals surface area contributed by atoms with Crippen LogP contribution in [0, 0.1) is 11.3 Å². The first-order chi connectivity index (χ1) is 6.46. The minimum Gasteiger partial charge on any atom is -0.329 e. The van der Waals surface area contributed by atoms with Gasteiger partial charge in [-0.1, -0.05) is 34.1 Å². The Balaban J connectivity index is 2.45. The Kier molecular flexibility index (Phi) is 4.32. The number of nitrogens with two attached hydrogens (primary N) is 1.